The van der Waals surface area contributed by atoms with Gasteiger partial charge in [-0.25, -0.2) is 13.2 Å². The summed E-state index contributed by atoms with van der Waals surface area (Å²) < 4.78 is 154. The van der Waals surface area contributed by atoms with Gasteiger partial charge in [0.25, 0.3) is 0 Å². The third-order valence-corrected chi connectivity index (χ3v) is 10.1. The molecular weight excluding hydrogens is 681 g/mol. The van der Waals surface area contributed by atoms with Crippen LogP contribution in [0.1, 0.15) is 36.0 Å². The van der Waals surface area contributed by atoms with Crippen molar-refractivity contribution < 1.29 is 62.2 Å². The maximum atomic E-state index is 13.2. The molecule has 0 unspecified atom stereocenters. The summed E-state index contributed by atoms with van der Waals surface area (Å²) >= 11 is 0. The highest BCUT2D eigenvalue weighted by molar-refractivity contribution is 7.89. The van der Waals surface area contributed by atoms with Gasteiger partial charge < -0.3 is 14.4 Å². The van der Waals surface area contributed by atoms with Crippen LogP contribution in [0.3, 0.4) is 0 Å². The number of benzene rings is 3. The first-order chi connectivity index (χ1) is 22.2. The summed E-state index contributed by atoms with van der Waals surface area (Å²) in [5, 5.41) is 0. The zero-order valence-corrected chi connectivity index (χ0v) is 25.7. The summed E-state index contributed by atoms with van der Waals surface area (Å²) in [6, 6.07) is 21.2. The highest BCUT2D eigenvalue weighted by Gasteiger charge is 2.87. The molecule has 5 rings (SSSR count). The molecule has 0 saturated carbocycles. The van der Waals surface area contributed by atoms with Gasteiger partial charge in [-0.3, -0.25) is 0 Å². The van der Waals surface area contributed by atoms with E-state index in [2.05, 4.69) is 4.74 Å². The number of piperidine rings is 1. The first-order valence-corrected chi connectivity index (χ1v) is 16.4. The third-order valence-electron chi connectivity index (χ3n) is 8.51. The molecule has 2 aliphatic rings. The number of rotatable bonds is 6. The van der Waals surface area contributed by atoms with Crippen LogP contribution >= 0.6 is 0 Å². The van der Waals surface area contributed by atoms with E-state index in [1.807, 2.05) is 6.07 Å². The zero-order chi connectivity index (χ0) is 35.2. The molecular formula is C32H28F9NO5S. The van der Waals surface area contributed by atoms with E-state index >= 15 is 0 Å². The Hall–Kier alpha value is -3.95. The Bertz CT molecular complexity index is 1690. The van der Waals surface area contributed by atoms with Crippen LogP contribution in [0.5, 0.6) is 5.75 Å². The number of ether oxygens (including phenoxy) is 2. The van der Waals surface area contributed by atoms with Crippen LogP contribution in [0.2, 0.25) is 0 Å². The fraction of sp³-hybridized carbons (Fsp3) is 0.406. The Kier molecular flexibility index (Phi) is 9.20. The van der Waals surface area contributed by atoms with E-state index in [0.717, 1.165) is 16.7 Å². The van der Waals surface area contributed by atoms with Crippen molar-refractivity contribution in [3.63, 3.8) is 0 Å². The van der Waals surface area contributed by atoms with Gasteiger partial charge in [0.2, 0.25) is 0 Å². The summed E-state index contributed by atoms with van der Waals surface area (Å²) in [7, 11) is -3.41. The highest BCUT2D eigenvalue weighted by atomic mass is 32.2. The van der Waals surface area contributed by atoms with Crippen LogP contribution in [-0.4, -0.2) is 62.2 Å². The van der Waals surface area contributed by atoms with Crippen molar-refractivity contribution >= 4 is 15.9 Å². The normalized spacial score (nSPS) is 17.1. The first kappa shape index (κ1) is 35.4. The molecule has 2 heterocycles. The smallest absolute Gasteiger partial charge is 0.447 e. The number of hydrogen-bond donors (Lipinski definition) is 0. The molecule has 3 aromatic carbocycles. The molecule has 2 aliphatic heterocycles. The number of amides is 1. The molecule has 1 spiro atoms. The average Bonchev–Trinajstić information content (AvgIpc) is 2.98. The van der Waals surface area contributed by atoms with Crippen LogP contribution in [0.25, 0.3) is 11.1 Å². The average molecular weight is 710 g/mol. The van der Waals surface area contributed by atoms with Crippen molar-refractivity contribution in [3.05, 3.63) is 89.5 Å². The fourth-order valence-corrected chi connectivity index (χ4v) is 7.43. The van der Waals surface area contributed by atoms with Crippen LogP contribution in [-0.2, 0) is 32.5 Å². The Balaban J connectivity index is 1.22. The van der Waals surface area contributed by atoms with Crippen LogP contribution in [0.15, 0.2) is 72.8 Å². The lowest BCUT2D eigenvalue weighted by Crippen LogP contribution is -2.69. The zero-order valence-electron chi connectivity index (χ0n) is 24.9. The molecule has 6 nitrogen and oxygen atoms in total. The van der Waals surface area contributed by atoms with Gasteiger partial charge in [-0.05, 0) is 52.8 Å². The summed E-state index contributed by atoms with van der Waals surface area (Å²) in [6.45, 7) is -0.993. The number of halogens is 9. The molecule has 1 amide bonds. The van der Waals surface area contributed by atoms with Crippen molar-refractivity contribution in [3.8, 4) is 16.9 Å². The minimum absolute atomic E-state index is 0.0744. The van der Waals surface area contributed by atoms with E-state index in [-0.39, 0.29) is 24.3 Å². The lowest BCUT2D eigenvalue weighted by molar-refractivity contribution is -0.444. The molecule has 0 bridgehead atoms. The van der Waals surface area contributed by atoms with Crippen LogP contribution in [0.4, 0.5) is 44.3 Å². The van der Waals surface area contributed by atoms with Crippen molar-refractivity contribution in [2.24, 2.45) is 0 Å². The molecule has 0 aromatic heterocycles. The topological polar surface area (TPSA) is 72.9 Å². The first-order valence-electron chi connectivity index (χ1n) is 14.6. The Morgan fingerprint density at radius 1 is 0.729 bits per heavy atom. The molecule has 0 atom stereocenters. The molecule has 48 heavy (non-hydrogen) atoms. The van der Waals surface area contributed by atoms with E-state index in [1.165, 1.54) is 0 Å². The summed E-state index contributed by atoms with van der Waals surface area (Å²) in [4.78, 5) is 12.7. The quantitative estimate of drug-likeness (QED) is 0.242. The lowest BCUT2D eigenvalue weighted by atomic mass is 9.82. The van der Waals surface area contributed by atoms with Crippen molar-refractivity contribution in [2.75, 3.05) is 13.1 Å². The molecule has 0 N–H and O–H groups in total. The van der Waals surface area contributed by atoms with Gasteiger partial charge in [0.15, 0.2) is 9.84 Å². The number of hydrogen-bond acceptors (Lipinski definition) is 5. The van der Waals surface area contributed by atoms with Crippen LogP contribution < -0.4 is 4.74 Å². The van der Waals surface area contributed by atoms with Crippen molar-refractivity contribution in [2.45, 2.75) is 66.9 Å². The second-order valence-electron chi connectivity index (χ2n) is 11.9. The van der Waals surface area contributed by atoms with E-state index in [0.29, 0.717) is 34.6 Å². The molecule has 1 fully saturated rings. The number of nitrogens with zero attached hydrogens (tertiary/aromatic N) is 1. The standard InChI is InChI=1S/C32H28F9NO5S/c33-30(34,35)29(31(36,37)38,32(39,40)41)47-27(43)42-16-14-28(15-17-42)13-12-25-18-24(10-11-26(25)46-28)23-8-6-22(7-9-23)20-48(44,45)19-21-4-2-1-3-5-21/h1-11,18H,12-17,19-20H2. The molecule has 260 valence electrons. The number of carbonyl (C=O) groups excluding carboxylic acids is 1. The van der Waals surface area contributed by atoms with E-state index in [9.17, 15) is 52.7 Å². The number of sulfone groups is 1. The number of alkyl halides is 9. The van der Waals surface area contributed by atoms with Gasteiger partial charge in [0.05, 0.1) is 11.5 Å². The Labute approximate surface area is 269 Å². The minimum atomic E-state index is -7.02. The largest absolute Gasteiger partial charge is 0.487 e. The lowest BCUT2D eigenvalue weighted by Gasteiger charge is -2.45. The highest BCUT2D eigenvalue weighted by Crippen LogP contribution is 2.55. The number of aryl methyl sites for hydroxylation is 1. The maximum absolute atomic E-state index is 13.2. The van der Waals surface area contributed by atoms with Gasteiger partial charge in [-0.1, -0.05) is 60.7 Å². The predicted octanol–water partition coefficient (Wildman–Crippen LogP) is 8.19. The summed E-state index contributed by atoms with van der Waals surface area (Å²) in [5.41, 5.74) is -3.90. The SMILES string of the molecule is O=C(OC(C(F)(F)F)(C(F)(F)F)C(F)(F)F)N1CCC2(CCc3cc(-c4ccc(CS(=O)(=O)Cc5ccccc5)cc4)ccc3O2)CC1. The number of fused-ring (bicyclic) bond motifs is 1. The van der Waals surface area contributed by atoms with Gasteiger partial charge in [-0.2, -0.15) is 39.5 Å². The summed E-state index contributed by atoms with van der Waals surface area (Å²) in [5.74, 6) is 0.249. The Morgan fingerprint density at radius 3 is 1.79 bits per heavy atom. The van der Waals surface area contributed by atoms with Gasteiger partial charge in [0, 0.05) is 25.9 Å². The second-order valence-corrected chi connectivity index (χ2v) is 13.9. The van der Waals surface area contributed by atoms with E-state index in [4.69, 9.17) is 4.74 Å². The third kappa shape index (κ3) is 7.08. The molecule has 16 heteroatoms. The van der Waals surface area contributed by atoms with E-state index < -0.39 is 58.8 Å². The number of carbonyl (C=O) groups is 1. The monoisotopic (exact) mass is 709 g/mol. The van der Waals surface area contributed by atoms with Crippen molar-refractivity contribution in [1.82, 2.24) is 4.90 Å². The Morgan fingerprint density at radius 2 is 1.25 bits per heavy atom. The number of likely N-dealkylation sites (tertiary alicyclic amines) is 1. The minimum Gasteiger partial charge on any atom is -0.487 e. The predicted molar refractivity (Wildman–Crippen MR) is 155 cm³/mol. The molecule has 0 radical (unpaired) electrons. The molecule has 0 aliphatic carbocycles. The maximum Gasteiger partial charge on any atom is 0.447 e. The fourth-order valence-electron chi connectivity index (χ4n) is 5.93. The van der Waals surface area contributed by atoms with Gasteiger partial charge >= 0.3 is 30.2 Å². The van der Waals surface area contributed by atoms with E-state index in [1.54, 1.807) is 66.7 Å². The van der Waals surface area contributed by atoms with Crippen LogP contribution in [0, 0.1) is 0 Å². The summed E-state index contributed by atoms with van der Waals surface area (Å²) in [6.07, 6.45) is -22.8. The van der Waals surface area contributed by atoms with Gasteiger partial charge in [-0.15, -0.1) is 0 Å². The van der Waals surface area contributed by atoms with Crippen molar-refractivity contribution in [1.29, 1.82) is 0 Å². The molecule has 1 saturated heterocycles. The second kappa shape index (κ2) is 12.5. The van der Waals surface area contributed by atoms with Gasteiger partial charge in [0.1, 0.15) is 11.4 Å². The molecule has 3 aromatic rings.